The molecule has 0 aliphatic rings. The third-order valence-electron chi connectivity index (χ3n) is 3.91. The largest absolute Gasteiger partial charge is 0.497 e. The summed E-state index contributed by atoms with van der Waals surface area (Å²) in [5.41, 5.74) is 0.583. The van der Waals surface area contributed by atoms with Gasteiger partial charge >= 0.3 is 0 Å². The maximum atomic E-state index is 13.1. The Morgan fingerprint density at radius 1 is 1.24 bits per heavy atom. The zero-order valence-electron chi connectivity index (χ0n) is 15.1. The molecule has 0 saturated heterocycles. The van der Waals surface area contributed by atoms with E-state index in [4.69, 9.17) is 16.3 Å². The van der Waals surface area contributed by atoms with Crippen LogP contribution in [0, 0.1) is 5.82 Å². The number of ether oxygens (including phenoxy) is 1. The first-order chi connectivity index (χ1) is 13.8. The predicted molar refractivity (Wildman–Crippen MR) is 105 cm³/mol. The van der Waals surface area contributed by atoms with Gasteiger partial charge in [-0.05, 0) is 42.0 Å². The quantitative estimate of drug-likeness (QED) is 0.525. The normalized spacial score (nSPS) is 11.1. The summed E-state index contributed by atoms with van der Waals surface area (Å²) in [7, 11) is -2.61. The fraction of sp³-hybridized carbons (Fsp3) is 0.111. The standard InChI is InChI=1S/C18H16ClFN4O4S/c1-28-14-6-4-13(5-7-14)24-29(26,27)18-15(10-22-23-18)17(25)21-9-11-2-3-12(20)8-16(11)19/h2-8,10,24H,9H2,1H3,(H,21,25)(H,22,23). The van der Waals surface area contributed by atoms with Gasteiger partial charge in [-0.3, -0.25) is 14.6 Å². The number of hydrogen-bond acceptors (Lipinski definition) is 5. The van der Waals surface area contributed by atoms with Crippen LogP contribution in [0.25, 0.3) is 0 Å². The number of amides is 1. The first kappa shape index (κ1) is 20.6. The monoisotopic (exact) mass is 438 g/mol. The highest BCUT2D eigenvalue weighted by molar-refractivity contribution is 7.92. The van der Waals surface area contributed by atoms with Crippen LogP contribution >= 0.6 is 11.6 Å². The topological polar surface area (TPSA) is 113 Å². The molecule has 0 atom stereocenters. The third kappa shape index (κ3) is 4.84. The average molecular weight is 439 g/mol. The van der Waals surface area contributed by atoms with Crippen molar-refractivity contribution in [3.05, 3.63) is 70.6 Å². The summed E-state index contributed by atoms with van der Waals surface area (Å²) >= 11 is 5.93. The van der Waals surface area contributed by atoms with Gasteiger partial charge in [-0.15, -0.1) is 0 Å². The van der Waals surface area contributed by atoms with Crippen molar-refractivity contribution >= 4 is 33.2 Å². The first-order valence-corrected chi connectivity index (χ1v) is 10.1. The molecule has 0 unspecified atom stereocenters. The summed E-state index contributed by atoms with van der Waals surface area (Å²) in [6.45, 7) is -0.0193. The number of rotatable bonds is 7. The summed E-state index contributed by atoms with van der Waals surface area (Å²) in [4.78, 5) is 12.5. The van der Waals surface area contributed by atoms with E-state index in [2.05, 4.69) is 20.2 Å². The minimum absolute atomic E-state index is 0.0193. The van der Waals surface area contributed by atoms with Gasteiger partial charge in [0.1, 0.15) is 11.6 Å². The van der Waals surface area contributed by atoms with E-state index in [1.807, 2.05) is 0 Å². The Morgan fingerprint density at radius 2 is 1.97 bits per heavy atom. The van der Waals surface area contributed by atoms with Crippen molar-refractivity contribution in [3.63, 3.8) is 0 Å². The number of aromatic amines is 1. The predicted octanol–water partition coefficient (Wildman–Crippen LogP) is 2.94. The molecule has 3 aromatic rings. The number of methoxy groups -OCH3 is 1. The Bertz CT molecular complexity index is 1130. The molecule has 0 aliphatic heterocycles. The first-order valence-electron chi connectivity index (χ1n) is 8.22. The van der Waals surface area contributed by atoms with E-state index in [9.17, 15) is 17.6 Å². The number of nitrogens with zero attached hydrogens (tertiary/aromatic N) is 1. The zero-order valence-corrected chi connectivity index (χ0v) is 16.6. The van der Waals surface area contributed by atoms with Crippen LogP contribution in [0.1, 0.15) is 15.9 Å². The number of nitrogens with one attached hydrogen (secondary N) is 3. The second kappa shape index (κ2) is 8.50. The number of anilines is 1. The number of aromatic nitrogens is 2. The number of H-pyrrole nitrogens is 1. The van der Waals surface area contributed by atoms with Crippen molar-refractivity contribution in [1.29, 1.82) is 0 Å². The van der Waals surface area contributed by atoms with Gasteiger partial charge in [-0.2, -0.15) is 13.5 Å². The summed E-state index contributed by atoms with van der Waals surface area (Å²) in [5.74, 6) is -0.624. The Kier molecular flexibility index (Phi) is 6.04. The Balaban J connectivity index is 1.75. The molecular formula is C18H16ClFN4O4S. The zero-order chi connectivity index (χ0) is 21.0. The van der Waals surface area contributed by atoms with Crippen LogP contribution in [0.4, 0.5) is 10.1 Å². The molecule has 8 nitrogen and oxygen atoms in total. The van der Waals surface area contributed by atoms with Gasteiger partial charge in [0.05, 0.1) is 18.9 Å². The summed E-state index contributed by atoms with van der Waals surface area (Å²) in [6, 6.07) is 9.97. The molecule has 11 heteroatoms. The van der Waals surface area contributed by atoms with Crippen LogP contribution in [0.3, 0.4) is 0 Å². The van der Waals surface area contributed by atoms with Crippen LogP contribution in [0.5, 0.6) is 5.75 Å². The van der Waals surface area contributed by atoms with Gasteiger partial charge in [0, 0.05) is 17.3 Å². The van der Waals surface area contributed by atoms with Crippen molar-refractivity contribution in [2.45, 2.75) is 11.6 Å². The number of carbonyl (C=O) groups excluding carboxylic acids is 1. The van der Waals surface area contributed by atoms with Gasteiger partial charge in [0.15, 0.2) is 5.03 Å². The summed E-state index contributed by atoms with van der Waals surface area (Å²) in [5, 5.41) is 8.28. The molecule has 29 heavy (non-hydrogen) atoms. The fourth-order valence-electron chi connectivity index (χ4n) is 2.44. The van der Waals surface area contributed by atoms with Crippen LogP contribution in [-0.2, 0) is 16.6 Å². The molecule has 2 aromatic carbocycles. The van der Waals surface area contributed by atoms with Gasteiger partial charge in [0.25, 0.3) is 15.9 Å². The number of benzene rings is 2. The Hall–Kier alpha value is -3.11. The molecule has 0 bridgehead atoms. The van der Waals surface area contributed by atoms with E-state index in [0.717, 1.165) is 12.3 Å². The van der Waals surface area contributed by atoms with Crippen molar-refractivity contribution in [2.75, 3.05) is 11.8 Å². The highest BCUT2D eigenvalue weighted by Gasteiger charge is 2.25. The highest BCUT2D eigenvalue weighted by Crippen LogP contribution is 2.21. The van der Waals surface area contributed by atoms with E-state index in [1.165, 1.54) is 31.4 Å². The van der Waals surface area contributed by atoms with E-state index in [1.54, 1.807) is 12.1 Å². The SMILES string of the molecule is COc1ccc(NS(=O)(=O)c2[nH]ncc2C(=O)NCc2ccc(F)cc2Cl)cc1. The Morgan fingerprint density at radius 3 is 2.62 bits per heavy atom. The number of hydrogen-bond donors (Lipinski definition) is 3. The van der Waals surface area contributed by atoms with Crippen molar-refractivity contribution < 1.29 is 22.3 Å². The number of halogens is 2. The average Bonchev–Trinajstić information content (AvgIpc) is 3.18. The number of carbonyl (C=O) groups is 1. The van der Waals surface area contributed by atoms with Crippen molar-refractivity contribution in [2.24, 2.45) is 0 Å². The van der Waals surface area contributed by atoms with Gasteiger partial charge < -0.3 is 10.1 Å². The molecule has 1 aromatic heterocycles. The summed E-state index contributed by atoms with van der Waals surface area (Å²) in [6.07, 6.45) is 1.10. The van der Waals surface area contributed by atoms with Crippen LogP contribution in [0.2, 0.25) is 5.02 Å². The van der Waals surface area contributed by atoms with Gasteiger partial charge in [0.2, 0.25) is 0 Å². The molecule has 0 fully saturated rings. The number of sulfonamides is 1. The molecule has 1 heterocycles. The van der Waals surface area contributed by atoms with Crippen LogP contribution in [0.15, 0.2) is 53.7 Å². The lowest BCUT2D eigenvalue weighted by molar-refractivity contribution is 0.0947. The lowest BCUT2D eigenvalue weighted by atomic mass is 10.2. The van der Waals surface area contributed by atoms with E-state index >= 15 is 0 Å². The maximum absolute atomic E-state index is 13.1. The molecule has 0 aliphatic carbocycles. The van der Waals surface area contributed by atoms with E-state index < -0.39 is 26.8 Å². The maximum Gasteiger partial charge on any atom is 0.279 e. The van der Waals surface area contributed by atoms with E-state index in [-0.39, 0.29) is 22.8 Å². The van der Waals surface area contributed by atoms with E-state index in [0.29, 0.717) is 11.3 Å². The fourth-order valence-corrected chi connectivity index (χ4v) is 3.83. The van der Waals surface area contributed by atoms with Gasteiger partial charge in [-0.1, -0.05) is 17.7 Å². The molecule has 3 N–H and O–H groups in total. The molecule has 1 amide bonds. The third-order valence-corrected chi connectivity index (χ3v) is 5.62. The molecule has 0 spiro atoms. The second-order valence-corrected chi connectivity index (χ2v) is 7.89. The second-order valence-electron chi connectivity index (χ2n) is 5.87. The molecule has 0 saturated carbocycles. The summed E-state index contributed by atoms with van der Waals surface area (Å²) < 4.78 is 45.8. The van der Waals surface area contributed by atoms with Crippen LogP contribution in [-0.4, -0.2) is 31.6 Å². The lowest BCUT2D eigenvalue weighted by Crippen LogP contribution is -2.25. The molecular weight excluding hydrogens is 423 g/mol. The minimum Gasteiger partial charge on any atom is -0.497 e. The van der Waals surface area contributed by atoms with Crippen molar-refractivity contribution in [3.8, 4) is 5.75 Å². The van der Waals surface area contributed by atoms with Crippen LogP contribution < -0.4 is 14.8 Å². The smallest absolute Gasteiger partial charge is 0.279 e. The molecule has 152 valence electrons. The van der Waals surface area contributed by atoms with Gasteiger partial charge in [-0.25, -0.2) is 4.39 Å². The van der Waals surface area contributed by atoms with Crippen molar-refractivity contribution in [1.82, 2.24) is 15.5 Å². The lowest BCUT2D eigenvalue weighted by Gasteiger charge is -2.10. The molecule has 0 radical (unpaired) electrons. The Labute approximate surface area is 171 Å². The molecule has 3 rings (SSSR count). The minimum atomic E-state index is -4.11. The highest BCUT2D eigenvalue weighted by atomic mass is 35.5.